The van der Waals surface area contributed by atoms with Crippen LogP contribution in [0.3, 0.4) is 0 Å². The molecule has 6 rings (SSSR count). The highest BCUT2D eigenvalue weighted by atomic mass is 35.5. The summed E-state index contributed by atoms with van der Waals surface area (Å²) in [6.45, 7) is 1.53. The highest BCUT2D eigenvalue weighted by molar-refractivity contribution is 6.30. The fourth-order valence-corrected chi connectivity index (χ4v) is 7.74. The van der Waals surface area contributed by atoms with Crippen LogP contribution in [0.5, 0.6) is 0 Å². The number of oxazole rings is 1. The van der Waals surface area contributed by atoms with Gasteiger partial charge >= 0.3 is 0 Å². The molecule has 0 radical (unpaired) electrons. The highest BCUT2D eigenvalue weighted by Gasteiger charge is 2.38. The predicted octanol–water partition coefficient (Wildman–Crippen LogP) is 9.54. The van der Waals surface area contributed by atoms with Gasteiger partial charge in [0.05, 0.1) is 12.2 Å². The van der Waals surface area contributed by atoms with Crippen LogP contribution in [0, 0.1) is 11.8 Å². The first-order chi connectivity index (χ1) is 23.5. The van der Waals surface area contributed by atoms with Crippen LogP contribution in [0.15, 0.2) is 120 Å². The van der Waals surface area contributed by atoms with Gasteiger partial charge in [-0.15, -0.1) is 0 Å². The van der Waals surface area contributed by atoms with Crippen LogP contribution in [0.1, 0.15) is 71.8 Å². The molecule has 2 unspecified atom stereocenters. The van der Waals surface area contributed by atoms with Gasteiger partial charge in [-0.25, -0.2) is 4.98 Å². The average Bonchev–Trinajstić information content (AvgIpc) is 3.50. The molecule has 0 bridgehead atoms. The lowest BCUT2D eigenvalue weighted by Crippen LogP contribution is -2.36. The monoisotopic (exact) mass is 660 g/mol. The molecule has 6 heteroatoms. The molecular weight excluding hydrogens is 612 g/mol. The van der Waals surface area contributed by atoms with Crippen LogP contribution in [0.4, 0.5) is 5.69 Å². The van der Waals surface area contributed by atoms with Crippen LogP contribution < -0.4 is 10.2 Å². The molecule has 1 aliphatic carbocycles. The summed E-state index contributed by atoms with van der Waals surface area (Å²) in [5.74, 6) is 2.76. The predicted molar refractivity (Wildman–Crippen MR) is 199 cm³/mol. The molecule has 5 nitrogen and oxygen atoms in total. The lowest BCUT2D eigenvalue weighted by molar-refractivity contribution is 0.135. The van der Waals surface area contributed by atoms with Gasteiger partial charge in [0.15, 0.2) is 0 Å². The van der Waals surface area contributed by atoms with E-state index in [1.165, 1.54) is 22.4 Å². The fraction of sp³-hybridized carbons (Fsp3) is 0.357. The third-order valence-corrected chi connectivity index (χ3v) is 10.3. The van der Waals surface area contributed by atoms with Crippen molar-refractivity contribution in [3.05, 3.63) is 154 Å². The number of hydrogen-bond donors (Lipinski definition) is 1. The van der Waals surface area contributed by atoms with Crippen molar-refractivity contribution in [2.75, 3.05) is 32.6 Å². The number of nitrogens with zero attached hydrogens (tertiary/aromatic N) is 3. The van der Waals surface area contributed by atoms with Crippen molar-refractivity contribution in [3.8, 4) is 0 Å². The van der Waals surface area contributed by atoms with E-state index in [4.69, 9.17) is 21.0 Å². The van der Waals surface area contributed by atoms with Crippen molar-refractivity contribution in [1.82, 2.24) is 15.2 Å². The normalized spacial score (nSPS) is 17.7. The SMILES string of the molecule is CN(C)C(c1ccc(Cl)cc1)C1CCC(C(c2nc(Cc3ccccc3)c(CNCCc3ccccc3)o2)N(C)c2ccccc2)CC1. The first-order valence-electron chi connectivity index (χ1n) is 17.4. The summed E-state index contributed by atoms with van der Waals surface area (Å²) in [4.78, 5) is 10.1. The largest absolute Gasteiger partial charge is 0.442 e. The van der Waals surface area contributed by atoms with Crippen LogP contribution in [-0.2, 0) is 19.4 Å². The van der Waals surface area contributed by atoms with E-state index >= 15 is 0 Å². The van der Waals surface area contributed by atoms with Crippen LogP contribution in [0.25, 0.3) is 0 Å². The maximum absolute atomic E-state index is 6.85. The first-order valence-corrected chi connectivity index (χ1v) is 17.8. The minimum absolute atomic E-state index is 0.0364. The van der Waals surface area contributed by atoms with E-state index in [1.807, 2.05) is 12.1 Å². The summed E-state index contributed by atoms with van der Waals surface area (Å²) in [5.41, 5.74) is 6.13. The second kappa shape index (κ2) is 16.5. The first kappa shape index (κ1) is 34.0. The second-order valence-electron chi connectivity index (χ2n) is 13.5. The lowest BCUT2D eigenvalue weighted by atomic mass is 9.73. The third-order valence-electron chi connectivity index (χ3n) is 10.0. The van der Waals surface area contributed by atoms with Crippen molar-refractivity contribution in [2.24, 2.45) is 11.8 Å². The molecule has 1 fully saturated rings. The van der Waals surface area contributed by atoms with Crippen molar-refractivity contribution in [1.29, 1.82) is 0 Å². The van der Waals surface area contributed by atoms with Gasteiger partial charge in [0, 0.05) is 30.2 Å². The number of halogens is 1. The smallest absolute Gasteiger partial charge is 0.217 e. The maximum atomic E-state index is 6.85. The molecule has 2 atom stereocenters. The summed E-state index contributed by atoms with van der Waals surface area (Å²) >= 11 is 6.26. The van der Waals surface area contributed by atoms with Gasteiger partial charge in [0.25, 0.3) is 0 Å². The molecule has 0 amide bonds. The zero-order chi connectivity index (χ0) is 33.3. The van der Waals surface area contributed by atoms with Crippen molar-refractivity contribution in [2.45, 2.75) is 57.2 Å². The summed E-state index contributed by atoms with van der Waals surface area (Å²) in [7, 11) is 6.61. The maximum Gasteiger partial charge on any atom is 0.217 e. The Balaban J connectivity index is 1.25. The Kier molecular flexibility index (Phi) is 11.7. The van der Waals surface area contributed by atoms with Gasteiger partial charge in [-0.1, -0.05) is 103 Å². The minimum atomic E-state index is 0.0364. The molecule has 1 aromatic heterocycles. The molecule has 4 aromatic carbocycles. The number of nitrogens with one attached hydrogen (secondary N) is 1. The Bertz CT molecular complexity index is 1670. The topological polar surface area (TPSA) is 44.5 Å². The van der Waals surface area contributed by atoms with Gasteiger partial charge in [0.1, 0.15) is 11.8 Å². The molecule has 5 aromatic rings. The molecular formula is C42H49ClN4O. The van der Waals surface area contributed by atoms with Crippen molar-refractivity contribution < 1.29 is 4.42 Å². The summed E-state index contributed by atoms with van der Waals surface area (Å²) in [5, 5.41) is 4.44. The Labute approximate surface area is 292 Å². The minimum Gasteiger partial charge on any atom is -0.442 e. The molecule has 1 heterocycles. The number of rotatable bonds is 14. The van der Waals surface area contributed by atoms with E-state index < -0.39 is 0 Å². The Morgan fingerprint density at radius 3 is 1.90 bits per heavy atom. The molecule has 1 aliphatic rings. The highest BCUT2D eigenvalue weighted by Crippen LogP contribution is 2.45. The average molecular weight is 661 g/mol. The summed E-state index contributed by atoms with van der Waals surface area (Å²) < 4.78 is 6.85. The molecule has 1 N–H and O–H groups in total. The number of aromatic nitrogens is 1. The van der Waals surface area contributed by atoms with Gasteiger partial charge in [-0.3, -0.25) is 0 Å². The van der Waals surface area contributed by atoms with Crippen LogP contribution in [-0.4, -0.2) is 37.6 Å². The van der Waals surface area contributed by atoms with E-state index in [1.54, 1.807) is 0 Å². The number of para-hydroxylation sites is 1. The third kappa shape index (κ3) is 8.57. The van der Waals surface area contributed by atoms with Crippen molar-refractivity contribution >= 4 is 17.3 Å². The molecule has 0 spiro atoms. The lowest BCUT2D eigenvalue weighted by Gasteiger charge is -2.41. The quantitative estimate of drug-likeness (QED) is 0.120. The standard InChI is InChI=1S/C42H49ClN4O/c1-46(2)40(34-23-25-36(43)26-24-34)33-19-21-35(22-20-33)41(47(3)37-17-11-6-12-18-37)42-45-38(29-32-15-9-5-10-16-32)39(48-42)30-44-28-27-31-13-7-4-8-14-31/h4-18,23-26,33,35,40-41,44H,19-22,27-30H2,1-3H3. The van der Waals surface area contributed by atoms with E-state index in [9.17, 15) is 0 Å². The fourth-order valence-electron chi connectivity index (χ4n) is 7.61. The molecule has 0 aliphatic heterocycles. The molecule has 1 saturated carbocycles. The van der Waals surface area contributed by atoms with E-state index in [0.717, 1.165) is 67.4 Å². The molecule has 0 saturated heterocycles. The van der Waals surface area contributed by atoms with Crippen molar-refractivity contribution in [3.63, 3.8) is 0 Å². The van der Waals surface area contributed by atoms with E-state index in [0.29, 0.717) is 24.4 Å². The zero-order valence-corrected chi connectivity index (χ0v) is 29.3. The van der Waals surface area contributed by atoms with Gasteiger partial charge in [-0.2, -0.15) is 0 Å². The van der Waals surface area contributed by atoms with Crippen LogP contribution in [0.2, 0.25) is 5.02 Å². The van der Waals surface area contributed by atoms with E-state index in [2.05, 4.69) is 139 Å². The second-order valence-corrected chi connectivity index (χ2v) is 14.0. The Hall–Kier alpha value is -3.90. The van der Waals surface area contributed by atoms with Gasteiger partial charge in [-0.05, 0) is 106 Å². The number of hydrogen-bond acceptors (Lipinski definition) is 5. The zero-order valence-electron chi connectivity index (χ0n) is 28.6. The Morgan fingerprint density at radius 2 is 1.29 bits per heavy atom. The van der Waals surface area contributed by atoms with Gasteiger partial charge < -0.3 is 19.5 Å². The number of benzene rings is 4. The Morgan fingerprint density at radius 1 is 0.729 bits per heavy atom. The molecule has 250 valence electrons. The summed E-state index contributed by atoms with van der Waals surface area (Å²) in [6.07, 6.45) is 6.26. The summed E-state index contributed by atoms with van der Waals surface area (Å²) in [6, 6.07) is 40.8. The molecule has 48 heavy (non-hydrogen) atoms. The van der Waals surface area contributed by atoms with Gasteiger partial charge in [0.2, 0.25) is 5.89 Å². The number of anilines is 1. The van der Waals surface area contributed by atoms with Crippen LogP contribution >= 0.6 is 11.6 Å². The van der Waals surface area contributed by atoms with E-state index in [-0.39, 0.29) is 6.04 Å².